The monoisotopic (exact) mass is 420 g/mol. The minimum Gasteiger partial charge on any atom is -0.493 e. The van der Waals surface area contributed by atoms with E-state index in [-0.39, 0.29) is 17.5 Å². The normalized spacial score (nSPS) is 20.0. The maximum atomic E-state index is 14.0. The number of carbonyl (C=O) groups is 1. The van der Waals surface area contributed by atoms with Crippen molar-refractivity contribution in [3.8, 4) is 11.5 Å². The molecule has 7 nitrogen and oxygen atoms in total. The quantitative estimate of drug-likeness (QED) is 0.691. The molecule has 0 bridgehead atoms. The molecule has 2 atom stereocenters. The van der Waals surface area contributed by atoms with Crippen LogP contribution in [0.2, 0.25) is 0 Å². The molecular formula is C23H21FN4O3. The number of nitrogens with one attached hydrogen (secondary N) is 1. The molecule has 1 N–H and O–H groups in total. The van der Waals surface area contributed by atoms with E-state index >= 15 is 0 Å². The molecule has 1 aromatic heterocycles. The predicted octanol–water partition coefficient (Wildman–Crippen LogP) is 3.85. The summed E-state index contributed by atoms with van der Waals surface area (Å²) in [5.41, 5.74) is 3.07. The Balaban J connectivity index is 1.56. The van der Waals surface area contributed by atoms with Gasteiger partial charge in [-0.15, -0.1) is 0 Å². The second-order valence-electron chi connectivity index (χ2n) is 7.65. The van der Waals surface area contributed by atoms with Gasteiger partial charge < -0.3 is 14.8 Å². The summed E-state index contributed by atoms with van der Waals surface area (Å²) in [5.74, 6) is 1.43. The van der Waals surface area contributed by atoms with Crippen LogP contribution in [0.25, 0.3) is 0 Å². The number of anilines is 1. The molecule has 0 saturated carbocycles. The molecule has 0 radical (unpaired) electrons. The Morgan fingerprint density at radius 3 is 2.68 bits per heavy atom. The van der Waals surface area contributed by atoms with E-state index < -0.39 is 6.04 Å². The van der Waals surface area contributed by atoms with Gasteiger partial charge in [0, 0.05) is 17.7 Å². The van der Waals surface area contributed by atoms with Crippen LogP contribution in [-0.4, -0.2) is 34.8 Å². The number of rotatable bonds is 4. The number of benzene rings is 2. The minimum absolute atomic E-state index is 0.00365. The van der Waals surface area contributed by atoms with Crippen molar-refractivity contribution in [1.29, 1.82) is 0 Å². The summed E-state index contributed by atoms with van der Waals surface area (Å²) in [6.07, 6.45) is 2.39. The van der Waals surface area contributed by atoms with Crippen molar-refractivity contribution in [2.24, 2.45) is 0 Å². The summed E-state index contributed by atoms with van der Waals surface area (Å²) < 4.78 is 26.4. The van der Waals surface area contributed by atoms with Crippen molar-refractivity contribution in [1.82, 2.24) is 14.8 Å². The molecule has 31 heavy (non-hydrogen) atoms. The second-order valence-corrected chi connectivity index (χ2v) is 7.65. The molecule has 1 aliphatic carbocycles. The van der Waals surface area contributed by atoms with E-state index in [1.165, 1.54) is 18.5 Å². The first-order valence-corrected chi connectivity index (χ1v) is 9.99. The number of Topliss-reactive ketones (excluding diaryl/α,β-unsaturated/α-hetero) is 1. The molecule has 0 amide bonds. The number of halogens is 1. The lowest BCUT2D eigenvalue weighted by molar-refractivity contribution is -0.116. The van der Waals surface area contributed by atoms with Crippen LogP contribution in [-0.2, 0) is 4.79 Å². The Morgan fingerprint density at radius 1 is 1.06 bits per heavy atom. The van der Waals surface area contributed by atoms with Crippen molar-refractivity contribution in [3.63, 3.8) is 0 Å². The van der Waals surface area contributed by atoms with Crippen molar-refractivity contribution < 1.29 is 18.7 Å². The van der Waals surface area contributed by atoms with Crippen LogP contribution in [0.3, 0.4) is 0 Å². The van der Waals surface area contributed by atoms with Crippen molar-refractivity contribution in [3.05, 3.63) is 77.0 Å². The van der Waals surface area contributed by atoms with E-state index in [2.05, 4.69) is 15.4 Å². The number of carbonyl (C=O) groups excluding carboxylic acids is 1. The van der Waals surface area contributed by atoms with Gasteiger partial charge in [-0.2, -0.15) is 10.1 Å². The number of methoxy groups -OCH3 is 2. The van der Waals surface area contributed by atoms with Gasteiger partial charge in [-0.05, 0) is 47.7 Å². The molecule has 1 aliphatic heterocycles. The minimum atomic E-state index is -0.511. The smallest absolute Gasteiger partial charge is 0.226 e. The Morgan fingerprint density at radius 2 is 1.90 bits per heavy atom. The maximum absolute atomic E-state index is 14.0. The van der Waals surface area contributed by atoms with Gasteiger partial charge in [0.25, 0.3) is 0 Å². The summed E-state index contributed by atoms with van der Waals surface area (Å²) in [7, 11) is 3.18. The Labute approximate surface area is 178 Å². The third-order valence-electron chi connectivity index (χ3n) is 5.91. The molecule has 2 aliphatic rings. The molecule has 3 aromatic rings. The number of hydrogen-bond donors (Lipinski definition) is 1. The summed E-state index contributed by atoms with van der Waals surface area (Å²) in [6.45, 7) is 0. The third kappa shape index (κ3) is 3.24. The topological polar surface area (TPSA) is 78.3 Å². The summed E-state index contributed by atoms with van der Waals surface area (Å²) in [5, 5.41) is 7.57. The van der Waals surface area contributed by atoms with Crippen LogP contribution in [0.1, 0.15) is 35.9 Å². The predicted molar refractivity (Wildman–Crippen MR) is 112 cm³/mol. The lowest BCUT2D eigenvalue weighted by atomic mass is 9.78. The third-order valence-corrected chi connectivity index (χ3v) is 5.91. The van der Waals surface area contributed by atoms with E-state index in [9.17, 15) is 9.18 Å². The van der Waals surface area contributed by atoms with Crippen LogP contribution in [0.15, 0.2) is 60.1 Å². The molecule has 158 valence electrons. The lowest BCUT2D eigenvalue weighted by Gasteiger charge is -2.35. The lowest BCUT2D eigenvalue weighted by Crippen LogP contribution is -2.33. The number of fused-ring (bicyclic) bond motifs is 1. The van der Waals surface area contributed by atoms with Crippen LogP contribution in [0, 0.1) is 5.82 Å². The molecule has 8 heteroatoms. The van der Waals surface area contributed by atoms with Gasteiger partial charge in [0.1, 0.15) is 18.2 Å². The number of nitrogens with zero attached hydrogens (tertiary/aromatic N) is 3. The van der Waals surface area contributed by atoms with E-state index in [4.69, 9.17) is 9.47 Å². The first-order chi connectivity index (χ1) is 15.1. The highest BCUT2D eigenvalue weighted by Crippen LogP contribution is 2.44. The van der Waals surface area contributed by atoms with Gasteiger partial charge in [0.05, 0.1) is 14.2 Å². The largest absolute Gasteiger partial charge is 0.493 e. The van der Waals surface area contributed by atoms with Gasteiger partial charge in [-0.3, -0.25) is 4.79 Å². The number of aromatic nitrogens is 3. The van der Waals surface area contributed by atoms with Crippen LogP contribution < -0.4 is 14.8 Å². The van der Waals surface area contributed by atoms with E-state index in [0.29, 0.717) is 41.4 Å². The molecule has 0 spiro atoms. The summed E-state index contributed by atoms with van der Waals surface area (Å²) >= 11 is 0. The number of ketones is 1. The van der Waals surface area contributed by atoms with Crippen molar-refractivity contribution in [2.45, 2.75) is 24.8 Å². The average molecular weight is 420 g/mol. The molecule has 0 fully saturated rings. The Bertz CT molecular complexity index is 1200. The highest BCUT2D eigenvalue weighted by atomic mass is 19.1. The highest BCUT2D eigenvalue weighted by molar-refractivity contribution is 6.00. The zero-order valence-electron chi connectivity index (χ0n) is 17.1. The Kier molecular flexibility index (Phi) is 4.69. The zero-order chi connectivity index (χ0) is 21.5. The van der Waals surface area contributed by atoms with Crippen LogP contribution in [0.4, 0.5) is 10.3 Å². The van der Waals surface area contributed by atoms with E-state index in [0.717, 1.165) is 11.3 Å². The SMILES string of the molecule is COc1ccc(C2CC(=O)C3=C(C2)Nc2ncnn2C3c2cccc(F)c2)cc1OC. The summed E-state index contributed by atoms with van der Waals surface area (Å²) in [4.78, 5) is 17.7. The summed E-state index contributed by atoms with van der Waals surface area (Å²) in [6, 6.07) is 11.5. The number of allylic oxidation sites excluding steroid dienone is 2. The molecule has 2 unspecified atom stereocenters. The van der Waals surface area contributed by atoms with E-state index in [1.807, 2.05) is 24.3 Å². The second kappa shape index (κ2) is 7.54. The van der Waals surface area contributed by atoms with Crippen LogP contribution in [0.5, 0.6) is 11.5 Å². The fraction of sp³-hybridized carbons (Fsp3) is 0.261. The van der Waals surface area contributed by atoms with E-state index in [1.54, 1.807) is 25.0 Å². The fourth-order valence-electron chi connectivity index (χ4n) is 4.48. The fourth-order valence-corrected chi connectivity index (χ4v) is 4.48. The average Bonchev–Trinajstić information content (AvgIpc) is 3.25. The Hall–Kier alpha value is -3.68. The molecule has 5 rings (SSSR count). The standard InChI is InChI=1S/C23H21FN4O3/c1-30-19-7-6-13(11-20(19)31-2)15-9-17-21(18(29)10-15)22(14-4-3-5-16(24)8-14)28-23(27-17)25-12-26-28/h3-8,11-12,15,22H,9-10H2,1-2H3,(H,25,26,27). The maximum Gasteiger partial charge on any atom is 0.226 e. The molecular weight excluding hydrogens is 399 g/mol. The first kappa shape index (κ1) is 19.3. The number of hydrogen-bond acceptors (Lipinski definition) is 6. The first-order valence-electron chi connectivity index (χ1n) is 9.99. The zero-order valence-corrected chi connectivity index (χ0v) is 17.1. The van der Waals surface area contributed by atoms with Gasteiger partial charge in [0.2, 0.25) is 5.95 Å². The van der Waals surface area contributed by atoms with Gasteiger partial charge in [-0.25, -0.2) is 9.07 Å². The molecule has 2 heterocycles. The highest BCUT2D eigenvalue weighted by Gasteiger charge is 2.39. The number of ether oxygens (including phenoxy) is 2. The van der Waals surface area contributed by atoms with Crippen LogP contribution >= 0.6 is 0 Å². The van der Waals surface area contributed by atoms with Crippen molar-refractivity contribution >= 4 is 11.7 Å². The molecule has 0 saturated heterocycles. The molecule has 2 aromatic carbocycles. The van der Waals surface area contributed by atoms with Gasteiger partial charge >= 0.3 is 0 Å². The van der Waals surface area contributed by atoms with Gasteiger partial charge in [0.15, 0.2) is 17.3 Å². The van der Waals surface area contributed by atoms with Crippen molar-refractivity contribution in [2.75, 3.05) is 19.5 Å². The van der Waals surface area contributed by atoms with Gasteiger partial charge in [-0.1, -0.05) is 18.2 Å².